The molecule has 4 N–H and O–H groups in total. The largest absolute Gasteiger partial charge is 0.388 e. The Bertz CT molecular complexity index is 2400. The van der Waals surface area contributed by atoms with E-state index in [1.807, 2.05) is 19.1 Å². The number of amides is 2. The molecule has 4 aromatic heterocycles. The Morgan fingerprint density at radius 1 is 1.07 bits per heavy atom. The standard InChI is InChI=1S/C35H40N11O9PS/c1-4-23-24(14-25(54-23)45-17-39-26-28(37-16-38-29(26)45)41-32(49)20-9-6-5-7-10-20)55-56(57,51-12-8-11-36)52-15-21-13-22(47)34(53-21)46-18-40-27-30(46)42-35(44-33(27)50)43-31(48)19(2)3/h5-7,9-10,16-19,21-25,34,47H,4,8,12-15H2,1-3H3,(H,37,38,41,49)(H2,42,43,44,48,50)/t21-,22-,23+,24+,25+,34+,56?/m0/s1. The number of nitrogens with one attached hydrogen (secondary N) is 3. The summed E-state index contributed by atoms with van der Waals surface area (Å²) >= 11 is 5.87. The number of fused-ring (bicyclic) bond motifs is 2. The number of benzene rings is 1. The summed E-state index contributed by atoms with van der Waals surface area (Å²) in [6.07, 6.45) is 0.861. The molecule has 0 saturated carbocycles. The number of ether oxygens (including phenoxy) is 2. The van der Waals surface area contributed by atoms with E-state index in [1.54, 1.807) is 49.0 Å². The van der Waals surface area contributed by atoms with Gasteiger partial charge in [-0.1, -0.05) is 39.0 Å². The van der Waals surface area contributed by atoms with Gasteiger partial charge in [-0.25, -0.2) is 19.9 Å². The third-order valence-corrected chi connectivity index (χ3v) is 11.7. The van der Waals surface area contributed by atoms with Gasteiger partial charge in [-0.2, -0.15) is 10.2 Å². The second-order valence-corrected chi connectivity index (χ2v) is 16.6. The number of carbonyl (C=O) groups excluding carboxylic acids is 2. The third-order valence-electron chi connectivity index (χ3n) is 9.30. The monoisotopic (exact) mass is 821 g/mol. The van der Waals surface area contributed by atoms with Crippen LogP contribution in [0.3, 0.4) is 0 Å². The molecule has 0 spiro atoms. The second kappa shape index (κ2) is 17.2. The molecule has 2 fully saturated rings. The van der Waals surface area contributed by atoms with Crippen LogP contribution in [-0.2, 0) is 39.6 Å². The van der Waals surface area contributed by atoms with Crippen molar-refractivity contribution in [3.8, 4) is 6.07 Å². The number of aromatic nitrogens is 8. The first-order valence-corrected chi connectivity index (χ1v) is 20.8. The van der Waals surface area contributed by atoms with Gasteiger partial charge in [0.2, 0.25) is 11.9 Å². The highest BCUT2D eigenvalue weighted by Crippen LogP contribution is 2.54. The Morgan fingerprint density at radius 3 is 2.60 bits per heavy atom. The van der Waals surface area contributed by atoms with Crippen LogP contribution in [0.1, 0.15) is 69.3 Å². The summed E-state index contributed by atoms with van der Waals surface area (Å²) in [5, 5.41) is 25.7. The molecule has 1 aromatic carbocycles. The normalized spacial score (nSPS) is 23.2. The van der Waals surface area contributed by atoms with Crippen LogP contribution in [0.5, 0.6) is 0 Å². The highest BCUT2D eigenvalue weighted by atomic mass is 32.5. The van der Waals surface area contributed by atoms with Crippen molar-refractivity contribution in [2.24, 2.45) is 5.92 Å². The molecule has 57 heavy (non-hydrogen) atoms. The lowest BCUT2D eigenvalue weighted by Gasteiger charge is -2.27. The average Bonchev–Trinajstić information content (AvgIpc) is 3.99. The summed E-state index contributed by atoms with van der Waals surface area (Å²) in [5.74, 6) is -0.872. The van der Waals surface area contributed by atoms with Crippen molar-refractivity contribution in [3.63, 3.8) is 0 Å². The van der Waals surface area contributed by atoms with Gasteiger partial charge in [-0.05, 0) is 30.4 Å². The minimum absolute atomic E-state index is 0.00295. The Morgan fingerprint density at radius 2 is 1.84 bits per heavy atom. The molecule has 0 aliphatic carbocycles. The second-order valence-electron chi connectivity index (χ2n) is 13.6. The molecule has 2 aliphatic heterocycles. The number of carbonyl (C=O) groups is 2. The number of H-pyrrole nitrogens is 1. The van der Waals surface area contributed by atoms with E-state index in [9.17, 15) is 24.8 Å². The van der Waals surface area contributed by atoms with Crippen LogP contribution in [-0.4, -0.2) is 93.6 Å². The predicted octanol–water partition coefficient (Wildman–Crippen LogP) is 3.71. The molecule has 2 saturated heterocycles. The van der Waals surface area contributed by atoms with Gasteiger partial charge in [0.1, 0.15) is 18.7 Å². The molecule has 300 valence electrons. The maximum Gasteiger partial charge on any atom is 0.327 e. The van der Waals surface area contributed by atoms with E-state index in [1.165, 1.54) is 17.2 Å². The quantitative estimate of drug-likeness (QED) is 0.0867. The average molecular weight is 822 g/mol. The molecule has 20 nitrogen and oxygen atoms in total. The number of nitrogens with zero attached hydrogens (tertiary/aromatic N) is 8. The molecule has 1 unspecified atom stereocenters. The van der Waals surface area contributed by atoms with Gasteiger partial charge in [0, 0.05) is 24.3 Å². The van der Waals surface area contributed by atoms with Crippen molar-refractivity contribution < 1.29 is 37.7 Å². The minimum Gasteiger partial charge on any atom is -0.388 e. The summed E-state index contributed by atoms with van der Waals surface area (Å²) in [6.45, 7) is 1.60. The number of hydrogen-bond donors (Lipinski definition) is 4. The SMILES string of the molecule is CC[C@H]1O[C@@H](n2cnc3c(NC(=O)c4ccccc4)ncnc32)C[C@H]1OP(=S)(OCCC#N)OC[C@@H]1C[C@H](O)[C@H](n2cnc3c(=O)[nH]c(NC(=O)C(C)C)nc32)O1. The van der Waals surface area contributed by atoms with E-state index in [-0.39, 0.29) is 66.7 Å². The van der Waals surface area contributed by atoms with E-state index in [0.29, 0.717) is 29.6 Å². The number of nitriles is 1. The van der Waals surface area contributed by atoms with E-state index in [0.717, 1.165) is 0 Å². The fraction of sp³-hybridized carbons (Fsp3) is 0.457. The smallest absolute Gasteiger partial charge is 0.327 e. The first kappa shape index (κ1) is 40.2. The van der Waals surface area contributed by atoms with Crippen LogP contribution in [0.15, 0.2) is 54.1 Å². The maximum atomic E-state index is 12.9. The summed E-state index contributed by atoms with van der Waals surface area (Å²) in [4.78, 5) is 62.0. The zero-order valence-electron chi connectivity index (χ0n) is 31.0. The van der Waals surface area contributed by atoms with Crippen molar-refractivity contribution in [2.45, 2.75) is 83.3 Å². The van der Waals surface area contributed by atoms with Crippen molar-refractivity contribution in [1.29, 1.82) is 5.26 Å². The molecular weight excluding hydrogens is 781 g/mol. The lowest BCUT2D eigenvalue weighted by molar-refractivity contribution is -0.118. The van der Waals surface area contributed by atoms with Crippen LogP contribution in [0.2, 0.25) is 0 Å². The molecule has 5 aromatic rings. The molecule has 7 rings (SSSR count). The summed E-state index contributed by atoms with van der Waals surface area (Å²) < 4.78 is 34.3. The van der Waals surface area contributed by atoms with Gasteiger partial charge in [-0.15, -0.1) is 0 Å². The van der Waals surface area contributed by atoms with Crippen LogP contribution in [0.4, 0.5) is 11.8 Å². The molecular formula is C35H40N11O9PS. The van der Waals surface area contributed by atoms with Gasteiger partial charge < -0.3 is 33.5 Å². The molecule has 0 radical (unpaired) electrons. The van der Waals surface area contributed by atoms with Gasteiger partial charge in [-0.3, -0.25) is 33.8 Å². The van der Waals surface area contributed by atoms with Gasteiger partial charge >= 0.3 is 6.72 Å². The van der Waals surface area contributed by atoms with Gasteiger partial charge in [0.25, 0.3) is 11.5 Å². The van der Waals surface area contributed by atoms with Gasteiger partial charge in [0.15, 0.2) is 34.4 Å². The van der Waals surface area contributed by atoms with Crippen molar-refractivity contribution >= 4 is 64.4 Å². The zero-order chi connectivity index (χ0) is 40.3. The van der Waals surface area contributed by atoms with E-state index in [2.05, 4.69) is 40.5 Å². The number of anilines is 2. The number of rotatable bonds is 15. The lowest BCUT2D eigenvalue weighted by Crippen LogP contribution is -2.24. The molecule has 2 amide bonds. The number of aliphatic hydroxyl groups is 1. The molecule has 6 heterocycles. The van der Waals surface area contributed by atoms with Crippen LogP contribution in [0.25, 0.3) is 22.3 Å². The van der Waals surface area contributed by atoms with Crippen LogP contribution in [0, 0.1) is 17.2 Å². The zero-order valence-corrected chi connectivity index (χ0v) is 32.8. The van der Waals surface area contributed by atoms with Crippen molar-refractivity contribution in [1.82, 2.24) is 39.0 Å². The highest BCUT2D eigenvalue weighted by Gasteiger charge is 2.42. The maximum absolute atomic E-state index is 12.9. The molecule has 7 atom stereocenters. The van der Waals surface area contributed by atoms with Crippen molar-refractivity contribution in [3.05, 3.63) is 65.2 Å². The summed E-state index contributed by atoms with van der Waals surface area (Å²) in [6, 6.07) is 10.8. The van der Waals surface area contributed by atoms with Crippen LogP contribution >= 0.6 is 6.72 Å². The fourth-order valence-electron chi connectivity index (χ4n) is 6.43. The predicted molar refractivity (Wildman–Crippen MR) is 206 cm³/mol. The van der Waals surface area contributed by atoms with Crippen LogP contribution < -0.4 is 16.2 Å². The fourth-order valence-corrected chi connectivity index (χ4v) is 8.58. The minimum atomic E-state index is -3.55. The summed E-state index contributed by atoms with van der Waals surface area (Å²) in [5.41, 5.74) is 0.790. The Balaban J connectivity index is 1.04. The Hall–Kier alpha value is -5.04. The highest BCUT2D eigenvalue weighted by molar-refractivity contribution is 8.07. The van der Waals surface area contributed by atoms with E-state index < -0.39 is 49.1 Å². The Labute approximate surface area is 330 Å². The summed E-state index contributed by atoms with van der Waals surface area (Å²) in [7, 11) is 0. The number of aromatic amines is 1. The number of aliphatic hydroxyl groups excluding tert-OH is 1. The van der Waals surface area contributed by atoms with Gasteiger partial charge in [0.05, 0.1) is 56.7 Å². The number of imidazole rings is 2. The van der Waals surface area contributed by atoms with Crippen molar-refractivity contribution in [2.75, 3.05) is 23.8 Å². The topological polar surface area (TPSA) is 256 Å². The third kappa shape index (κ3) is 8.78. The molecule has 22 heteroatoms. The Kier molecular flexibility index (Phi) is 12.1. The van der Waals surface area contributed by atoms with E-state index >= 15 is 0 Å². The lowest BCUT2D eigenvalue weighted by atomic mass is 10.1. The first-order valence-electron chi connectivity index (χ1n) is 18.2. The number of hydrogen-bond acceptors (Lipinski definition) is 16. The molecule has 0 bridgehead atoms. The first-order chi connectivity index (χ1) is 27.5. The van der Waals surface area contributed by atoms with E-state index in [4.69, 9.17) is 34.9 Å². The molecule has 2 aliphatic rings.